The molecule has 1 unspecified atom stereocenters. The first-order valence-electron chi connectivity index (χ1n) is 5.94. The van der Waals surface area contributed by atoms with Gasteiger partial charge >= 0.3 is 0 Å². The molecule has 1 heterocycles. The summed E-state index contributed by atoms with van der Waals surface area (Å²) in [5.41, 5.74) is 0.909. The van der Waals surface area contributed by atoms with Gasteiger partial charge in [0.15, 0.2) is 0 Å². The third-order valence-corrected chi connectivity index (χ3v) is 3.44. The zero-order valence-electron chi connectivity index (χ0n) is 10.5. The number of hydrogen-bond donors (Lipinski definition) is 1. The van der Waals surface area contributed by atoms with E-state index in [4.69, 9.17) is 5.26 Å². The molecule has 2 rings (SSSR count). The zero-order valence-corrected chi connectivity index (χ0v) is 11.3. The Balaban J connectivity index is 2.07. The predicted octanol–water partition coefficient (Wildman–Crippen LogP) is 1.26. The smallest absolute Gasteiger partial charge is 0.214 e. The number of rotatable bonds is 6. The maximum absolute atomic E-state index is 8.99. The highest BCUT2D eigenvalue weighted by Gasteiger charge is 2.12. The summed E-state index contributed by atoms with van der Waals surface area (Å²) in [5, 5.41) is 24.4. The lowest BCUT2D eigenvalue weighted by atomic mass is 10.3. The van der Waals surface area contributed by atoms with Gasteiger partial charge in [0.05, 0.1) is 11.8 Å². The van der Waals surface area contributed by atoms with E-state index in [1.807, 2.05) is 37.3 Å². The van der Waals surface area contributed by atoms with Crippen LogP contribution in [0.5, 0.6) is 0 Å². The van der Waals surface area contributed by atoms with Crippen LogP contribution < -0.4 is 5.32 Å². The Labute approximate surface area is 115 Å². The van der Waals surface area contributed by atoms with Crippen molar-refractivity contribution < 1.29 is 0 Å². The fraction of sp³-hybridized carbons (Fsp3) is 0.333. The van der Waals surface area contributed by atoms with Crippen LogP contribution in [0.4, 0.5) is 0 Å². The molecule has 0 fully saturated rings. The molecule has 98 valence electrons. The lowest BCUT2D eigenvalue weighted by molar-refractivity contribution is 0.675. The van der Waals surface area contributed by atoms with Crippen molar-refractivity contribution in [1.29, 1.82) is 5.26 Å². The predicted molar refractivity (Wildman–Crippen MR) is 73.0 cm³/mol. The molecule has 0 radical (unpaired) electrons. The van der Waals surface area contributed by atoms with E-state index in [-0.39, 0.29) is 6.04 Å². The second kappa shape index (κ2) is 6.87. The quantitative estimate of drug-likeness (QED) is 0.799. The average molecular weight is 274 g/mol. The molecule has 7 heteroatoms. The molecule has 0 saturated heterocycles. The van der Waals surface area contributed by atoms with E-state index in [0.29, 0.717) is 10.9 Å². The van der Waals surface area contributed by atoms with E-state index in [9.17, 15) is 0 Å². The van der Waals surface area contributed by atoms with E-state index in [2.05, 4.69) is 26.9 Å². The lowest BCUT2D eigenvalue weighted by Crippen LogP contribution is -2.29. The first-order valence-corrected chi connectivity index (χ1v) is 6.93. The van der Waals surface area contributed by atoms with Crippen LogP contribution in [0.15, 0.2) is 35.5 Å². The van der Waals surface area contributed by atoms with E-state index >= 15 is 0 Å². The summed E-state index contributed by atoms with van der Waals surface area (Å²) >= 11 is 1.46. The number of tetrazole rings is 1. The zero-order chi connectivity index (χ0) is 13.5. The summed E-state index contributed by atoms with van der Waals surface area (Å²) < 4.78 is 1.67. The monoisotopic (exact) mass is 274 g/mol. The SMILES string of the molecule is CCNC(C#N)CSc1nnnn1-c1ccccc1. The van der Waals surface area contributed by atoms with Gasteiger partial charge in [0, 0.05) is 5.75 Å². The van der Waals surface area contributed by atoms with Gasteiger partial charge < -0.3 is 5.32 Å². The fourth-order valence-electron chi connectivity index (χ4n) is 1.55. The Bertz CT molecular complexity index is 547. The van der Waals surface area contributed by atoms with Crippen molar-refractivity contribution in [2.75, 3.05) is 12.3 Å². The molecule has 6 nitrogen and oxygen atoms in total. The van der Waals surface area contributed by atoms with E-state index in [0.717, 1.165) is 12.2 Å². The van der Waals surface area contributed by atoms with Crippen molar-refractivity contribution in [3.8, 4) is 11.8 Å². The highest BCUT2D eigenvalue weighted by Crippen LogP contribution is 2.18. The summed E-state index contributed by atoms with van der Waals surface area (Å²) in [5.74, 6) is 0.609. The van der Waals surface area contributed by atoms with Crippen molar-refractivity contribution in [2.45, 2.75) is 18.1 Å². The van der Waals surface area contributed by atoms with Crippen molar-refractivity contribution >= 4 is 11.8 Å². The molecule has 1 aromatic heterocycles. The second-order valence-electron chi connectivity index (χ2n) is 3.76. The third-order valence-electron chi connectivity index (χ3n) is 2.43. The molecule has 0 amide bonds. The van der Waals surface area contributed by atoms with Gasteiger partial charge in [-0.2, -0.15) is 9.94 Å². The molecular formula is C12H14N6S. The topological polar surface area (TPSA) is 79.4 Å². The number of nitriles is 1. The molecule has 0 saturated carbocycles. The van der Waals surface area contributed by atoms with Gasteiger partial charge in [0.2, 0.25) is 5.16 Å². The van der Waals surface area contributed by atoms with Crippen LogP contribution in [0.1, 0.15) is 6.92 Å². The van der Waals surface area contributed by atoms with Gasteiger partial charge in [-0.15, -0.1) is 5.10 Å². The first-order chi connectivity index (χ1) is 9.35. The largest absolute Gasteiger partial charge is 0.302 e. The van der Waals surface area contributed by atoms with Gasteiger partial charge in [-0.25, -0.2) is 0 Å². The molecule has 0 aliphatic carbocycles. The maximum atomic E-state index is 8.99. The van der Waals surface area contributed by atoms with Gasteiger partial charge in [0.1, 0.15) is 6.04 Å². The summed E-state index contributed by atoms with van der Waals surface area (Å²) in [4.78, 5) is 0. The molecule has 0 spiro atoms. The fourth-order valence-corrected chi connectivity index (χ4v) is 2.41. The number of benzene rings is 1. The molecule has 1 atom stereocenters. The molecule has 0 aliphatic rings. The molecule has 0 aliphatic heterocycles. The molecule has 1 aromatic carbocycles. The van der Waals surface area contributed by atoms with E-state index in [1.54, 1.807) is 4.68 Å². The Morgan fingerprint density at radius 3 is 2.89 bits per heavy atom. The van der Waals surface area contributed by atoms with E-state index in [1.165, 1.54) is 11.8 Å². The molecular weight excluding hydrogens is 260 g/mol. The second-order valence-corrected chi connectivity index (χ2v) is 4.75. The Hall–Kier alpha value is -1.91. The van der Waals surface area contributed by atoms with Crippen molar-refractivity contribution in [2.24, 2.45) is 0 Å². The normalized spacial score (nSPS) is 12.0. The van der Waals surface area contributed by atoms with Gasteiger partial charge in [-0.3, -0.25) is 0 Å². The highest BCUT2D eigenvalue weighted by atomic mass is 32.2. The Kier molecular flexibility index (Phi) is 4.89. The van der Waals surface area contributed by atoms with E-state index < -0.39 is 0 Å². The minimum atomic E-state index is -0.198. The highest BCUT2D eigenvalue weighted by molar-refractivity contribution is 7.99. The summed E-state index contributed by atoms with van der Waals surface area (Å²) in [6.07, 6.45) is 0. The Morgan fingerprint density at radius 2 is 2.21 bits per heavy atom. The van der Waals surface area contributed by atoms with Crippen molar-refractivity contribution in [3.63, 3.8) is 0 Å². The van der Waals surface area contributed by atoms with Gasteiger partial charge in [-0.1, -0.05) is 36.9 Å². The standard InChI is InChI=1S/C12H14N6S/c1-2-14-10(8-13)9-19-12-15-16-17-18(12)11-6-4-3-5-7-11/h3-7,10,14H,2,9H2,1H3. The number of nitrogens with zero attached hydrogens (tertiary/aromatic N) is 5. The van der Waals surface area contributed by atoms with Crippen molar-refractivity contribution in [1.82, 2.24) is 25.5 Å². The van der Waals surface area contributed by atoms with Crippen LogP contribution in [-0.4, -0.2) is 38.5 Å². The summed E-state index contributed by atoms with van der Waals surface area (Å²) in [6, 6.07) is 11.7. The number of thioether (sulfide) groups is 1. The molecule has 0 bridgehead atoms. The van der Waals surface area contributed by atoms with Crippen LogP contribution in [-0.2, 0) is 0 Å². The number of para-hydroxylation sites is 1. The van der Waals surface area contributed by atoms with Crippen LogP contribution in [0, 0.1) is 11.3 Å². The summed E-state index contributed by atoms with van der Waals surface area (Å²) in [7, 11) is 0. The summed E-state index contributed by atoms with van der Waals surface area (Å²) in [6.45, 7) is 2.74. The third kappa shape index (κ3) is 3.53. The Morgan fingerprint density at radius 1 is 1.42 bits per heavy atom. The molecule has 19 heavy (non-hydrogen) atoms. The molecule has 1 N–H and O–H groups in total. The minimum Gasteiger partial charge on any atom is -0.302 e. The maximum Gasteiger partial charge on any atom is 0.214 e. The average Bonchev–Trinajstić information content (AvgIpc) is 2.93. The van der Waals surface area contributed by atoms with Crippen LogP contribution in [0.25, 0.3) is 5.69 Å². The lowest BCUT2D eigenvalue weighted by Gasteiger charge is -2.08. The van der Waals surface area contributed by atoms with Crippen molar-refractivity contribution in [3.05, 3.63) is 30.3 Å². The van der Waals surface area contributed by atoms with Crippen LogP contribution in [0.3, 0.4) is 0 Å². The van der Waals surface area contributed by atoms with Gasteiger partial charge in [0.25, 0.3) is 0 Å². The van der Waals surface area contributed by atoms with Crippen LogP contribution >= 0.6 is 11.8 Å². The molecule has 2 aromatic rings. The van der Waals surface area contributed by atoms with Gasteiger partial charge in [-0.05, 0) is 29.1 Å². The number of nitrogens with one attached hydrogen (secondary N) is 1. The van der Waals surface area contributed by atoms with Crippen LogP contribution in [0.2, 0.25) is 0 Å². The first kappa shape index (κ1) is 13.5. The minimum absolute atomic E-state index is 0.198. The number of hydrogen-bond acceptors (Lipinski definition) is 6. The number of aromatic nitrogens is 4.